The minimum absolute atomic E-state index is 0.0155. The van der Waals surface area contributed by atoms with E-state index in [2.05, 4.69) is 21.7 Å². The summed E-state index contributed by atoms with van der Waals surface area (Å²) in [6.45, 7) is 1.23. The highest BCUT2D eigenvalue weighted by Crippen LogP contribution is 2.48. The van der Waals surface area contributed by atoms with Crippen molar-refractivity contribution in [2.45, 2.75) is 69.7 Å². The fourth-order valence-corrected chi connectivity index (χ4v) is 6.51. The first-order chi connectivity index (χ1) is 16.9. The van der Waals surface area contributed by atoms with Crippen LogP contribution in [0.1, 0.15) is 63.3 Å². The molecule has 0 radical (unpaired) electrons. The molecular formula is C26H32ClN5O3. The highest BCUT2D eigenvalue weighted by molar-refractivity contribution is 6.35. The number of hydrogen-bond donors (Lipinski definition) is 4. The molecule has 3 fully saturated rings. The number of para-hydroxylation sites is 1. The van der Waals surface area contributed by atoms with Gasteiger partial charge in [-0.1, -0.05) is 43.0 Å². The summed E-state index contributed by atoms with van der Waals surface area (Å²) >= 11 is 6.33. The molecule has 4 unspecified atom stereocenters. The molecule has 35 heavy (non-hydrogen) atoms. The van der Waals surface area contributed by atoms with E-state index in [0.29, 0.717) is 43.1 Å². The number of aromatic nitrogens is 1. The van der Waals surface area contributed by atoms with Crippen molar-refractivity contribution in [3.05, 3.63) is 35.0 Å². The molecule has 2 aliphatic heterocycles. The van der Waals surface area contributed by atoms with Crippen molar-refractivity contribution in [3.8, 4) is 6.07 Å². The number of hydrogen-bond acceptors (Lipinski definition) is 5. The highest BCUT2D eigenvalue weighted by atomic mass is 35.5. The molecule has 1 spiro atoms. The van der Waals surface area contributed by atoms with E-state index in [1.165, 1.54) is 6.42 Å². The summed E-state index contributed by atoms with van der Waals surface area (Å²) in [5.74, 6) is -0.576. The van der Waals surface area contributed by atoms with Gasteiger partial charge < -0.3 is 20.7 Å². The smallest absolute Gasteiger partial charge is 0.238 e. The Morgan fingerprint density at radius 1 is 1.34 bits per heavy atom. The largest absolute Gasteiger partial charge is 0.372 e. The van der Waals surface area contributed by atoms with Crippen LogP contribution in [0.2, 0.25) is 5.02 Å². The van der Waals surface area contributed by atoms with Crippen LogP contribution in [0, 0.1) is 22.7 Å². The van der Waals surface area contributed by atoms with Crippen molar-refractivity contribution >= 4 is 34.3 Å². The van der Waals surface area contributed by atoms with Crippen molar-refractivity contribution in [1.29, 1.82) is 5.26 Å². The van der Waals surface area contributed by atoms with Crippen LogP contribution in [0.25, 0.3) is 10.9 Å². The predicted molar refractivity (Wildman–Crippen MR) is 132 cm³/mol. The van der Waals surface area contributed by atoms with E-state index in [0.717, 1.165) is 36.6 Å². The van der Waals surface area contributed by atoms with E-state index in [1.54, 1.807) is 6.07 Å². The van der Waals surface area contributed by atoms with Gasteiger partial charge in [0.15, 0.2) is 0 Å². The minimum Gasteiger partial charge on any atom is -0.372 e. The van der Waals surface area contributed by atoms with Gasteiger partial charge in [-0.05, 0) is 49.7 Å². The molecule has 186 valence electrons. The topological polar surface area (TPSA) is 121 Å². The maximum absolute atomic E-state index is 13.5. The fourth-order valence-electron chi connectivity index (χ4n) is 6.28. The first-order valence-corrected chi connectivity index (χ1v) is 13.0. The average molecular weight is 498 g/mol. The quantitative estimate of drug-likeness (QED) is 0.487. The Balaban J connectivity index is 1.38. The molecule has 1 saturated carbocycles. The molecule has 9 heteroatoms. The number of aromatic amines is 1. The number of rotatable bonds is 6. The van der Waals surface area contributed by atoms with Crippen LogP contribution >= 0.6 is 11.6 Å². The molecule has 1 aliphatic carbocycles. The molecule has 0 bridgehead atoms. The fraction of sp³-hybridized carbons (Fsp3) is 0.577. The zero-order valence-electron chi connectivity index (χ0n) is 19.7. The lowest BCUT2D eigenvalue weighted by atomic mass is 9.72. The number of fused-ring (bicyclic) bond motifs is 1. The van der Waals surface area contributed by atoms with Crippen molar-refractivity contribution in [1.82, 2.24) is 20.5 Å². The van der Waals surface area contributed by atoms with Crippen LogP contribution in [0.3, 0.4) is 0 Å². The molecule has 8 nitrogen and oxygen atoms in total. The molecule has 4 atom stereocenters. The second kappa shape index (κ2) is 9.81. The number of nitrogens with one attached hydrogen (secondary N) is 3. The second-order valence-corrected chi connectivity index (χ2v) is 10.9. The van der Waals surface area contributed by atoms with Crippen molar-refractivity contribution in [3.63, 3.8) is 0 Å². The van der Waals surface area contributed by atoms with Gasteiger partial charge >= 0.3 is 0 Å². The number of benzene rings is 1. The van der Waals surface area contributed by atoms with Crippen LogP contribution in [0.15, 0.2) is 24.3 Å². The van der Waals surface area contributed by atoms with E-state index in [4.69, 9.17) is 11.6 Å². The van der Waals surface area contributed by atoms with Gasteiger partial charge in [0.2, 0.25) is 11.8 Å². The molecule has 1 aromatic carbocycles. The number of amides is 2. The van der Waals surface area contributed by atoms with Gasteiger partial charge in [-0.3, -0.25) is 14.5 Å². The Labute approximate surface area is 210 Å². The van der Waals surface area contributed by atoms with Gasteiger partial charge in [0.1, 0.15) is 12.3 Å². The van der Waals surface area contributed by atoms with Crippen molar-refractivity contribution in [2.24, 2.45) is 11.3 Å². The Morgan fingerprint density at radius 2 is 2.14 bits per heavy atom. The molecule has 4 N–H and O–H groups in total. The Morgan fingerprint density at radius 3 is 2.83 bits per heavy atom. The van der Waals surface area contributed by atoms with Crippen molar-refractivity contribution in [2.75, 3.05) is 13.1 Å². The highest BCUT2D eigenvalue weighted by Gasteiger charge is 2.49. The molecule has 2 saturated heterocycles. The summed E-state index contributed by atoms with van der Waals surface area (Å²) in [5, 5.41) is 28.3. The maximum Gasteiger partial charge on any atom is 0.238 e. The standard InChI is InChI=1S/C26H32ClN5O3/c27-19-6-4-5-16-12-20(31-22(16)19)25(35)32-15-26(8-2-1-3-9-26)13-21(32)24(34)30-18(14-28)11-17-7-10-29-23(17)33/h4-6,12,17-18,21,25,31,35H,1-3,7-11,13,15H2,(H,29,33)(H,30,34). The second-order valence-electron chi connectivity index (χ2n) is 10.5. The normalized spacial score (nSPS) is 25.9. The molecule has 2 amide bonds. The summed E-state index contributed by atoms with van der Waals surface area (Å²) in [5.41, 5.74) is 1.34. The number of nitriles is 1. The van der Waals surface area contributed by atoms with Crippen LogP contribution in [-0.2, 0) is 9.59 Å². The minimum atomic E-state index is -1.00. The monoisotopic (exact) mass is 497 g/mol. The van der Waals surface area contributed by atoms with Gasteiger partial charge in [0, 0.05) is 24.4 Å². The third-order valence-electron chi connectivity index (χ3n) is 8.14. The first-order valence-electron chi connectivity index (χ1n) is 12.6. The van der Waals surface area contributed by atoms with E-state index in [9.17, 15) is 20.0 Å². The van der Waals surface area contributed by atoms with Crippen LogP contribution in [0.4, 0.5) is 0 Å². The zero-order valence-corrected chi connectivity index (χ0v) is 20.5. The summed E-state index contributed by atoms with van der Waals surface area (Å²) < 4.78 is 0. The number of likely N-dealkylation sites (tertiary alicyclic amines) is 1. The van der Waals surface area contributed by atoms with E-state index >= 15 is 0 Å². The predicted octanol–water partition coefficient (Wildman–Crippen LogP) is 3.37. The molecule has 2 aromatic rings. The van der Waals surface area contributed by atoms with Crippen LogP contribution in [0.5, 0.6) is 0 Å². The van der Waals surface area contributed by atoms with Crippen molar-refractivity contribution < 1.29 is 14.7 Å². The number of aliphatic hydroxyl groups is 1. The Kier molecular flexibility index (Phi) is 6.75. The number of carbonyl (C=O) groups excluding carboxylic acids is 2. The van der Waals surface area contributed by atoms with E-state index < -0.39 is 18.3 Å². The lowest BCUT2D eigenvalue weighted by molar-refractivity contribution is -0.130. The molecule has 1 aromatic heterocycles. The first kappa shape index (κ1) is 24.1. The van der Waals surface area contributed by atoms with E-state index in [-0.39, 0.29) is 23.1 Å². The number of carbonyl (C=O) groups is 2. The molecular weight excluding hydrogens is 466 g/mol. The maximum atomic E-state index is 13.5. The van der Waals surface area contributed by atoms with E-state index in [1.807, 2.05) is 23.1 Å². The summed E-state index contributed by atoms with van der Waals surface area (Å²) in [6, 6.07) is 8.33. The molecule has 5 rings (SSSR count). The van der Waals surface area contributed by atoms with Gasteiger partial charge in [0.25, 0.3) is 0 Å². The average Bonchev–Trinajstić information content (AvgIpc) is 3.57. The third-order valence-corrected chi connectivity index (χ3v) is 8.45. The lowest BCUT2D eigenvalue weighted by Crippen LogP contribution is -2.48. The summed E-state index contributed by atoms with van der Waals surface area (Å²) in [6.07, 6.45) is 6.13. The summed E-state index contributed by atoms with van der Waals surface area (Å²) in [7, 11) is 0. The lowest BCUT2D eigenvalue weighted by Gasteiger charge is -2.34. The molecule has 3 aliphatic rings. The molecule has 3 heterocycles. The number of nitrogens with zero attached hydrogens (tertiary/aromatic N) is 2. The van der Waals surface area contributed by atoms with Gasteiger partial charge in [-0.15, -0.1) is 0 Å². The number of aliphatic hydroxyl groups excluding tert-OH is 1. The van der Waals surface area contributed by atoms with Crippen LogP contribution < -0.4 is 10.6 Å². The SMILES string of the molecule is N#CC(CC1CCNC1=O)NC(=O)C1CC2(CCCCC2)CN1C(O)c1cc2cccc(Cl)c2[nH]1. The Hall–Kier alpha value is -2.60. The number of H-pyrrole nitrogens is 1. The third kappa shape index (κ3) is 4.77. The zero-order chi connectivity index (χ0) is 24.6. The Bertz CT molecular complexity index is 1150. The van der Waals surface area contributed by atoms with Crippen LogP contribution in [-0.4, -0.2) is 52.0 Å². The van der Waals surface area contributed by atoms with Gasteiger partial charge in [-0.2, -0.15) is 5.26 Å². The van der Waals surface area contributed by atoms with Gasteiger partial charge in [0.05, 0.1) is 28.3 Å². The number of halogens is 1. The van der Waals surface area contributed by atoms with Gasteiger partial charge in [-0.25, -0.2) is 0 Å². The summed E-state index contributed by atoms with van der Waals surface area (Å²) in [4.78, 5) is 30.6.